The molecule has 0 aromatic heterocycles. The highest BCUT2D eigenvalue weighted by Gasteiger charge is 2.46. The lowest BCUT2D eigenvalue weighted by atomic mass is 10.0. The first-order chi connectivity index (χ1) is 11.7. The number of carbonyl (C=O) groups excluding carboxylic acids is 3. The van der Waals surface area contributed by atoms with E-state index in [0.717, 1.165) is 0 Å². The van der Waals surface area contributed by atoms with E-state index in [4.69, 9.17) is 14.2 Å². The maximum atomic E-state index is 12.4. The second-order valence-electron chi connectivity index (χ2n) is 6.80. The van der Waals surface area contributed by atoms with Gasteiger partial charge in [0, 0.05) is 6.42 Å². The Morgan fingerprint density at radius 2 is 1.72 bits per heavy atom. The summed E-state index contributed by atoms with van der Waals surface area (Å²) in [6.07, 6.45) is -0.649. The summed E-state index contributed by atoms with van der Waals surface area (Å²) >= 11 is 0. The third-order valence-corrected chi connectivity index (χ3v) is 3.66. The van der Waals surface area contributed by atoms with Gasteiger partial charge in [-0.1, -0.05) is 18.2 Å². The Hall–Kier alpha value is -2.41. The van der Waals surface area contributed by atoms with E-state index >= 15 is 0 Å². The van der Waals surface area contributed by atoms with Crippen LogP contribution in [0.1, 0.15) is 37.6 Å². The van der Waals surface area contributed by atoms with Gasteiger partial charge in [0.1, 0.15) is 11.6 Å². The van der Waals surface area contributed by atoms with Gasteiger partial charge in [-0.2, -0.15) is 0 Å². The molecule has 1 aliphatic rings. The quantitative estimate of drug-likeness (QED) is 0.653. The summed E-state index contributed by atoms with van der Waals surface area (Å²) in [7, 11) is 1.25. The highest BCUT2D eigenvalue weighted by atomic mass is 16.6. The fourth-order valence-corrected chi connectivity index (χ4v) is 2.59. The van der Waals surface area contributed by atoms with Crippen LogP contribution in [0.5, 0.6) is 0 Å². The number of hydrogen-bond donors (Lipinski definition) is 1. The van der Waals surface area contributed by atoms with Gasteiger partial charge in [-0.25, -0.2) is 4.79 Å². The number of benzene rings is 1. The van der Waals surface area contributed by atoms with Gasteiger partial charge in [0.2, 0.25) is 0 Å². The zero-order valence-corrected chi connectivity index (χ0v) is 14.8. The second-order valence-corrected chi connectivity index (χ2v) is 6.80. The molecule has 1 aromatic carbocycles. The van der Waals surface area contributed by atoms with Crippen molar-refractivity contribution in [3.63, 3.8) is 0 Å². The Bertz CT molecular complexity index is 637. The summed E-state index contributed by atoms with van der Waals surface area (Å²) in [4.78, 5) is 36.5. The first kappa shape index (κ1) is 18.9. The summed E-state index contributed by atoms with van der Waals surface area (Å²) in [6.45, 7) is 5.21. The summed E-state index contributed by atoms with van der Waals surface area (Å²) in [6, 6.07) is 7.55. The molecule has 0 bridgehead atoms. The lowest BCUT2D eigenvalue weighted by molar-refractivity contribution is -0.162. The van der Waals surface area contributed by atoms with E-state index in [0.29, 0.717) is 5.56 Å². The molecule has 2 rings (SSSR count). The van der Waals surface area contributed by atoms with E-state index in [1.807, 2.05) is 0 Å². The van der Waals surface area contributed by atoms with Gasteiger partial charge in [-0.3, -0.25) is 14.9 Å². The smallest absolute Gasteiger partial charge is 0.339 e. The first-order valence-electron chi connectivity index (χ1n) is 8.04. The van der Waals surface area contributed by atoms with Crippen molar-refractivity contribution in [2.24, 2.45) is 5.92 Å². The molecule has 1 aromatic rings. The Morgan fingerprint density at radius 1 is 1.08 bits per heavy atom. The normalized spacial score (nSPS) is 23.0. The molecule has 3 unspecified atom stereocenters. The summed E-state index contributed by atoms with van der Waals surface area (Å²) in [5.41, 5.74) is -0.308. The molecular weight excluding hydrogens is 326 g/mol. The third-order valence-electron chi connectivity index (χ3n) is 3.66. The lowest BCUT2D eigenvalue weighted by Gasteiger charge is -2.24. The van der Waals surface area contributed by atoms with E-state index in [9.17, 15) is 14.4 Å². The van der Waals surface area contributed by atoms with Crippen LogP contribution >= 0.6 is 0 Å². The molecule has 7 nitrogen and oxygen atoms in total. The number of methoxy groups -OCH3 is 1. The Labute approximate surface area is 146 Å². The Morgan fingerprint density at radius 3 is 2.28 bits per heavy atom. The molecular formula is C18H23NO6. The van der Waals surface area contributed by atoms with Crippen molar-refractivity contribution >= 4 is 17.9 Å². The maximum Gasteiger partial charge on any atom is 0.339 e. The van der Waals surface area contributed by atoms with Crippen molar-refractivity contribution in [1.29, 1.82) is 0 Å². The Balaban J connectivity index is 2.08. The van der Waals surface area contributed by atoms with Crippen LogP contribution in [-0.4, -0.2) is 42.9 Å². The lowest BCUT2D eigenvalue weighted by Crippen LogP contribution is -2.45. The van der Waals surface area contributed by atoms with E-state index in [1.54, 1.807) is 51.1 Å². The molecule has 0 saturated carbocycles. The van der Waals surface area contributed by atoms with Crippen molar-refractivity contribution in [3.8, 4) is 0 Å². The van der Waals surface area contributed by atoms with Gasteiger partial charge in [0.25, 0.3) is 0 Å². The standard InChI is InChI=1S/C18H23NO6/c1-18(2,3)25-17(22)14-12(16(21)23-4)10-13(19-14)24-15(20)11-8-6-5-7-9-11/h5-9,12-14,19H,10H2,1-4H3. The molecule has 3 atom stereocenters. The molecule has 1 fully saturated rings. The zero-order chi connectivity index (χ0) is 18.6. The van der Waals surface area contributed by atoms with Gasteiger partial charge < -0.3 is 14.2 Å². The number of rotatable bonds is 4. The molecule has 0 aliphatic carbocycles. The molecule has 1 heterocycles. The predicted octanol–water partition coefficient (Wildman–Crippen LogP) is 1.66. The van der Waals surface area contributed by atoms with Gasteiger partial charge in [-0.05, 0) is 32.9 Å². The van der Waals surface area contributed by atoms with E-state index in [1.165, 1.54) is 7.11 Å². The van der Waals surface area contributed by atoms with Crippen molar-refractivity contribution < 1.29 is 28.6 Å². The van der Waals surface area contributed by atoms with Crippen molar-refractivity contribution in [1.82, 2.24) is 5.32 Å². The minimum absolute atomic E-state index is 0.134. The molecule has 1 saturated heterocycles. The largest absolute Gasteiger partial charge is 0.469 e. The summed E-state index contributed by atoms with van der Waals surface area (Å²) < 4.78 is 15.5. The predicted molar refractivity (Wildman–Crippen MR) is 88.5 cm³/mol. The van der Waals surface area contributed by atoms with Crippen molar-refractivity contribution in [2.75, 3.05) is 7.11 Å². The highest BCUT2D eigenvalue weighted by molar-refractivity contribution is 5.90. The van der Waals surface area contributed by atoms with Crippen LogP contribution in [0.4, 0.5) is 0 Å². The van der Waals surface area contributed by atoms with E-state index in [2.05, 4.69) is 5.32 Å². The topological polar surface area (TPSA) is 90.9 Å². The SMILES string of the molecule is COC(=O)C1CC(OC(=O)c2ccccc2)NC1C(=O)OC(C)(C)C. The third kappa shape index (κ3) is 5.03. The molecule has 0 spiro atoms. The number of nitrogens with one attached hydrogen (secondary N) is 1. The zero-order valence-electron chi connectivity index (χ0n) is 14.8. The van der Waals surface area contributed by atoms with E-state index in [-0.39, 0.29) is 6.42 Å². The van der Waals surface area contributed by atoms with Gasteiger partial charge in [-0.15, -0.1) is 0 Å². The molecule has 25 heavy (non-hydrogen) atoms. The van der Waals surface area contributed by atoms with Crippen LogP contribution in [0.3, 0.4) is 0 Å². The molecule has 7 heteroatoms. The average Bonchev–Trinajstić information content (AvgIpc) is 2.97. The van der Waals surface area contributed by atoms with Crippen LogP contribution in [0.25, 0.3) is 0 Å². The van der Waals surface area contributed by atoms with Crippen LogP contribution in [0.2, 0.25) is 0 Å². The van der Waals surface area contributed by atoms with E-state index < -0.39 is 41.7 Å². The van der Waals surface area contributed by atoms with Gasteiger partial charge in [0.05, 0.1) is 18.6 Å². The molecule has 136 valence electrons. The number of esters is 3. The summed E-state index contributed by atoms with van der Waals surface area (Å²) in [5, 5.41) is 2.86. The monoisotopic (exact) mass is 349 g/mol. The summed E-state index contributed by atoms with van der Waals surface area (Å²) in [5.74, 6) is -2.46. The van der Waals surface area contributed by atoms with Crippen LogP contribution in [0, 0.1) is 5.92 Å². The van der Waals surface area contributed by atoms with Crippen LogP contribution in [0.15, 0.2) is 30.3 Å². The molecule has 1 aliphatic heterocycles. The number of hydrogen-bond acceptors (Lipinski definition) is 7. The van der Waals surface area contributed by atoms with Crippen LogP contribution in [-0.2, 0) is 23.8 Å². The molecule has 1 N–H and O–H groups in total. The maximum absolute atomic E-state index is 12.4. The molecule has 0 radical (unpaired) electrons. The van der Waals surface area contributed by atoms with Crippen molar-refractivity contribution in [3.05, 3.63) is 35.9 Å². The average molecular weight is 349 g/mol. The first-order valence-corrected chi connectivity index (χ1v) is 8.04. The number of carbonyl (C=O) groups is 3. The van der Waals surface area contributed by atoms with Gasteiger partial charge in [0.15, 0.2) is 6.23 Å². The van der Waals surface area contributed by atoms with Crippen molar-refractivity contribution in [2.45, 2.75) is 45.1 Å². The fourth-order valence-electron chi connectivity index (χ4n) is 2.59. The number of ether oxygens (including phenoxy) is 3. The Kier molecular flexibility index (Phi) is 5.79. The van der Waals surface area contributed by atoms with Crippen LogP contribution < -0.4 is 5.32 Å². The molecule has 0 amide bonds. The van der Waals surface area contributed by atoms with Gasteiger partial charge >= 0.3 is 17.9 Å². The second kappa shape index (κ2) is 7.65. The minimum Gasteiger partial charge on any atom is -0.469 e. The highest BCUT2D eigenvalue weighted by Crippen LogP contribution is 2.26. The fraction of sp³-hybridized carbons (Fsp3) is 0.500. The minimum atomic E-state index is -0.930.